The lowest BCUT2D eigenvalue weighted by molar-refractivity contribution is -0.0673. The van der Waals surface area contributed by atoms with E-state index in [9.17, 15) is 5.11 Å². The summed E-state index contributed by atoms with van der Waals surface area (Å²) in [5.41, 5.74) is -0.143. The number of fused-ring (bicyclic) bond motifs is 2. The molecule has 0 saturated carbocycles. The number of aliphatic hydroxyl groups is 1. The van der Waals surface area contributed by atoms with Crippen molar-refractivity contribution < 1.29 is 5.11 Å². The number of hydrogen-bond acceptors (Lipinski definition) is 2. The molecule has 14 heavy (non-hydrogen) atoms. The first-order valence-electron chi connectivity index (χ1n) is 5.80. The average molecular weight is 197 g/mol. The Labute approximate surface area is 87.3 Å². The van der Waals surface area contributed by atoms with E-state index in [1.54, 1.807) is 0 Å². The second kappa shape index (κ2) is 2.96. The summed E-state index contributed by atoms with van der Waals surface area (Å²) in [4.78, 5) is 2.63. The molecule has 0 radical (unpaired) electrons. The molecule has 82 valence electrons. The molecule has 2 atom stereocenters. The van der Waals surface area contributed by atoms with Gasteiger partial charge in [0.15, 0.2) is 0 Å². The van der Waals surface area contributed by atoms with Crippen molar-refractivity contribution in [3.63, 3.8) is 0 Å². The van der Waals surface area contributed by atoms with Crippen LogP contribution < -0.4 is 0 Å². The molecule has 2 bridgehead atoms. The lowest BCUT2D eigenvalue weighted by Crippen LogP contribution is -2.56. The second-order valence-electron chi connectivity index (χ2n) is 6.37. The molecule has 1 N–H and O–H groups in total. The van der Waals surface area contributed by atoms with Crippen LogP contribution in [0.25, 0.3) is 0 Å². The van der Waals surface area contributed by atoms with Crippen LogP contribution in [-0.4, -0.2) is 33.2 Å². The third-order valence-corrected chi connectivity index (χ3v) is 3.75. The molecule has 2 fully saturated rings. The molecule has 0 aromatic heterocycles. The molecule has 0 aromatic rings. The quantitative estimate of drug-likeness (QED) is 0.643. The standard InChI is InChI=1S/C12H23NO/c1-11(2,3)13-9-5-6-10(13)8-12(4,14)7-9/h9-10,14H,5-8H2,1-4H3. The lowest BCUT2D eigenvalue weighted by Gasteiger charge is -2.48. The maximum absolute atomic E-state index is 10.1. The maximum atomic E-state index is 10.1. The Hall–Kier alpha value is -0.0800. The van der Waals surface area contributed by atoms with Crippen LogP contribution in [0.3, 0.4) is 0 Å². The number of nitrogens with zero attached hydrogens (tertiary/aromatic N) is 1. The minimum absolute atomic E-state index is 0.266. The van der Waals surface area contributed by atoms with Crippen molar-refractivity contribution in [2.45, 2.75) is 76.6 Å². The van der Waals surface area contributed by atoms with Gasteiger partial charge in [-0.3, -0.25) is 4.90 Å². The predicted molar refractivity (Wildman–Crippen MR) is 58.3 cm³/mol. The lowest BCUT2D eigenvalue weighted by atomic mass is 9.85. The van der Waals surface area contributed by atoms with Gasteiger partial charge in [-0.15, -0.1) is 0 Å². The molecular weight excluding hydrogens is 174 g/mol. The van der Waals surface area contributed by atoms with Crippen molar-refractivity contribution in [3.05, 3.63) is 0 Å². The molecule has 2 heterocycles. The fraction of sp³-hybridized carbons (Fsp3) is 1.00. The molecular formula is C12H23NO. The van der Waals surface area contributed by atoms with Crippen LogP contribution in [0, 0.1) is 0 Å². The van der Waals surface area contributed by atoms with Gasteiger partial charge in [0.05, 0.1) is 5.60 Å². The smallest absolute Gasteiger partial charge is 0.0649 e. The van der Waals surface area contributed by atoms with Crippen molar-refractivity contribution in [2.75, 3.05) is 0 Å². The Balaban J connectivity index is 2.19. The normalized spacial score (nSPS) is 44.4. The summed E-state index contributed by atoms with van der Waals surface area (Å²) in [5.74, 6) is 0. The maximum Gasteiger partial charge on any atom is 0.0649 e. The zero-order valence-electron chi connectivity index (χ0n) is 9.88. The highest BCUT2D eigenvalue weighted by Gasteiger charge is 2.48. The monoisotopic (exact) mass is 197 g/mol. The third kappa shape index (κ3) is 1.70. The van der Waals surface area contributed by atoms with E-state index in [0.29, 0.717) is 12.1 Å². The van der Waals surface area contributed by atoms with Crippen molar-refractivity contribution >= 4 is 0 Å². The summed E-state index contributed by atoms with van der Waals surface area (Å²) in [6, 6.07) is 1.23. The fourth-order valence-corrected chi connectivity index (χ4v) is 3.56. The summed E-state index contributed by atoms with van der Waals surface area (Å²) in [5, 5.41) is 10.1. The Morgan fingerprint density at radius 2 is 1.57 bits per heavy atom. The van der Waals surface area contributed by atoms with Gasteiger partial charge in [-0.1, -0.05) is 0 Å². The highest BCUT2D eigenvalue weighted by Crippen LogP contribution is 2.43. The fourth-order valence-electron chi connectivity index (χ4n) is 3.56. The molecule has 2 rings (SSSR count). The highest BCUT2D eigenvalue weighted by atomic mass is 16.3. The number of rotatable bonds is 0. The predicted octanol–water partition coefficient (Wildman–Crippen LogP) is 2.16. The first-order chi connectivity index (χ1) is 6.30. The van der Waals surface area contributed by atoms with Gasteiger partial charge in [0, 0.05) is 17.6 Å². The van der Waals surface area contributed by atoms with Crippen molar-refractivity contribution in [1.82, 2.24) is 4.90 Å². The SMILES string of the molecule is CC1(O)CC2CCC(C1)N2C(C)(C)C. The molecule has 0 aliphatic carbocycles. The van der Waals surface area contributed by atoms with Gasteiger partial charge in [-0.05, 0) is 53.4 Å². The zero-order chi connectivity index (χ0) is 10.6. The van der Waals surface area contributed by atoms with Gasteiger partial charge < -0.3 is 5.11 Å². The molecule has 0 amide bonds. The van der Waals surface area contributed by atoms with E-state index < -0.39 is 5.60 Å². The van der Waals surface area contributed by atoms with Crippen LogP contribution in [0.5, 0.6) is 0 Å². The van der Waals surface area contributed by atoms with E-state index in [2.05, 4.69) is 25.7 Å². The summed E-state index contributed by atoms with van der Waals surface area (Å²) >= 11 is 0. The molecule has 2 aliphatic rings. The average Bonchev–Trinajstić information content (AvgIpc) is 2.22. The Morgan fingerprint density at radius 3 is 1.93 bits per heavy atom. The van der Waals surface area contributed by atoms with E-state index in [-0.39, 0.29) is 5.54 Å². The van der Waals surface area contributed by atoms with Crippen molar-refractivity contribution in [3.8, 4) is 0 Å². The molecule has 0 spiro atoms. The van der Waals surface area contributed by atoms with Crippen LogP contribution in [0.1, 0.15) is 53.4 Å². The van der Waals surface area contributed by atoms with E-state index >= 15 is 0 Å². The molecule has 2 saturated heterocycles. The van der Waals surface area contributed by atoms with Gasteiger partial charge in [-0.25, -0.2) is 0 Å². The van der Waals surface area contributed by atoms with Gasteiger partial charge >= 0.3 is 0 Å². The van der Waals surface area contributed by atoms with E-state index in [4.69, 9.17) is 0 Å². The van der Waals surface area contributed by atoms with Crippen LogP contribution >= 0.6 is 0 Å². The minimum atomic E-state index is -0.409. The molecule has 2 heteroatoms. The van der Waals surface area contributed by atoms with Crippen molar-refractivity contribution in [2.24, 2.45) is 0 Å². The molecule has 2 nitrogen and oxygen atoms in total. The van der Waals surface area contributed by atoms with Gasteiger partial charge in [0.25, 0.3) is 0 Å². The first-order valence-corrected chi connectivity index (χ1v) is 5.80. The summed E-state index contributed by atoms with van der Waals surface area (Å²) in [7, 11) is 0. The molecule has 2 unspecified atom stereocenters. The van der Waals surface area contributed by atoms with Gasteiger partial charge in [0.1, 0.15) is 0 Å². The Kier molecular flexibility index (Phi) is 2.20. The number of hydrogen-bond donors (Lipinski definition) is 1. The van der Waals surface area contributed by atoms with Gasteiger partial charge in [-0.2, -0.15) is 0 Å². The summed E-state index contributed by atoms with van der Waals surface area (Å²) in [6.45, 7) is 8.87. The zero-order valence-corrected chi connectivity index (χ0v) is 9.88. The summed E-state index contributed by atoms with van der Waals surface area (Å²) < 4.78 is 0. The Bertz CT molecular complexity index is 213. The van der Waals surface area contributed by atoms with Crippen LogP contribution in [0.2, 0.25) is 0 Å². The first kappa shape index (κ1) is 10.4. The third-order valence-electron chi connectivity index (χ3n) is 3.75. The van der Waals surface area contributed by atoms with E-state index in [1.807, 2.05) is 6.92 Å². The topological polar surface area (TPSA) is 23.5 Å². The van der Waals surface area contributed by atoms with Crippen LogP contribution in [0.4, 0.5) is 0 Å². The van der Waals surface area contributed by atoms with Crippen molar-refractivity contribution in [1.29, 1.82) is 0 Å². The van der Waals surface area contributed by atoms with E-state index in [1.165, 1.54) is 12.8 Å². The second-order valence-corrected chi connectivity index (χ2v) is 6.37. The van der Waals surface area contributed by atoms with Crippen LogP contribution in [-0.2, 0) is 0 Å². The molecule has 0 aromatic carbocycles. The minimum Gasteiger partial charge on any atom is -0.390 e. The van der Waals surface area contributed by atoms with Gasteiger partial charge in [0.2, 0.25) is 0 Å². The van der Waals surface area contributed by atoms with E-state index in [0.717, 1.165) is 12.8 Å². The Morgan fingerprint density at radius 1 is 1.14 bits per heavy atom. The summed E-state index contributed by atoms with van der Waals surface area (Å²) in [6.07, 6.45) is 4.47. The molecule has 2 aliphatic heterocycles. The largest absolute Gasteiger partial charge is 0.390 e. The van der Waals surface area contributed by atoms with Crippen LogP contribution in [0.15, 0.2) is 0 Å². The number of piperidine rings is 1. The highest BCUT2D eigenvalue weighted by molar-refractivity contribution is 5.03.